The fourth-order valence-electron chi connectivity index (χ4n) is 6.10. The van der Waals surface area contributed by atoms with Crippen LogP contribution in [0.1, 0.15) is 60.2 Å². The number of aromatic nitrogens is 1. The Bertz CT molecular complexity index is 1600. The summed E-state index contributed by atoms with van der Waals surface area (Å²) < 4.78 is 43.7. The number of rotatable bonds is 10. The molecule has 3 aromatic carbocycles. The van der Waals surface area contributed by atoms with Crippen molar-refractivity contribution in [3.8, 4) is 11.3 Å². The summed E-state index contributed by atoms with van der Waals surface area (Å²) in [7, 11) is -3.91. The molecule has 5 nitrogen and oxygen atoms in total. The number of aryl methyl sites for hydroxylation is 1. The zero-order chi connectivity index (χ0) is 28.2. The Morgan fingerprint density at radius 2 is 1.83 bits per heavy atom. The number of thiazole rings is 1. The number of nitrogens with one attached hydrogen (secondary N) is 1. The third-order valence-electron chi connectivity index (χ3n) is 8.39. The van der Waals surface area contributed by atoms with Crippen molar-refractivity contribution >= 4 is 27.0 Å². The molecule has 1 aliphatic carbocycles. The third-order valence-corrected chi connectivity index (χ3v) is 10.6. The zero-order valence-corrected chi connectivity index (χ0v) is 24.8. The standard InChI is InChI=1S/C33H36FN3O2S2/c34-30-19-25(10-6-9-24-7-4-5-8-24)13-16-31(30)36-41(38,39)29-15-14-28-21-37(18-17-27(28)20-29)22-33-35-32(23-40-33)26-11-2-1-3-12-26/h1-3,11-16,19-20,23-24,36H,4-10,17-18,21-22H2. The molecule has 0 amide bonds. The van der Waals surface area contributed by atoms with Crippen LogP contribution in [-0.4, -0.2) is 24.8 Å². The number of benzene rings is 3. The summed E-state index contributed by atoms with van der Waals surface area (Å²) in [5.74, 6) is 0.287. The summed E-state index contributed by atoms with van der Waals surface area (Å²) in [4.78, 5) is 7.32. The van der Waals surface area contributed by atoms with Crippen molar-refractivity contribution in [1.82, 2.24) is 9.88 Å². The molecule has 2 aliphatic rings. The fraction of sp³-hybridized carbons (Fsp3) is 0.364. The largest absolute Gasteiger partial charge is 0.292 e. The van der Waals surface area contributed by atoms with E-state index in [0.717, 1.165) is 77.8 Å². The number of halogens is 1. The Balaban J connectivity index is 1.06. The second-order valence-corrected chi connectivity index (χ2v) is 14.0. The average Bonchev–Trinajstić information content (AvgIpc) is 3.67. The lowest BCUT2D eigenvalue weighted by Gasteiger charge is -2.28. The lowest BCUT2D eigenvalue weighted by molar-refractivity contribution is 0.245. The number of hydrogen-bond acceptors (Lipinski definition) is 5. The quantitative estimate of drug-likeness (QED) is 0.205. The van der Waals surface area contributed by atoms with Gasteiger partial charge in [-0.25, -0.2) is 17.8 Å². The first-order valence-corrected chi connectivity index (χ1v) is 16.9. The Morgan fingerprint density at radius 1 is 1.00 bits per heavy atom. The molecule has 1 fully saturated rings. The summed E-state index contributed by atoms with van der Waals surface area (Å²) >= 11 is 1.67. The molecule has 0 unspecified atom stereocenters. The normalized spacial score (nSPS) is 16.1. The molecule has 2 heterocycles. The number of hydrogen-bond donors (Lipinski definition) is 1. The van der Waals surface area contributed by atoms with Gasteiger partial charge in [0.15, 0.2) is 0 Å². The van der Waals surface area contributed by atoms with Crippen molar-refractivity contribution in [2.24, 2.45) is 5.92 Å². The summed E-state index contributed by atoms with van der Waals surface area (Å²) in [5.41, 5.74) is 5.15. The van der Waals surface area contributed by atoms with E-state index in [1.807, 2.05) is 30.3 Å². The van der Waals surface area contributed by atoms with Crippen molar-refractivity contribution in [2.45, 2.75) is 69.4 Å². The van der Waals surface area contributed by atoms with Crippen LogP contribution in [0.25, 0.3) is 11.3 Å². The SMILES string of the molecule is O=S(=O)(Nc1ccc(CCCC2CCCC2)cc1F)c1ccc2c(c1)CCN(Cc1nc(-c3ccccc3)cs1)C2. The topological polar surface area (TPSA) is 62.3 Å². The molecular formula is C33H36FN3O2S2. The van der Waals surface area contributed by atoms with Gasteiger partial charge in [-0.1, -0.05) is 74.6 Å². The van der Waals surface area contributed by atoms with Crippen molar-refractivity contribution < 1.29 is 12.8 Å². The lowest BCUT2D eigenvalue weighted by atomic mass is 9.98. The van der Waals surface area contributed by atoms with Crippen molar-refractivity contribution in [3.05, 3.63) is 99.6 Å². The van der Waals surface area contributed by atoms with Crippen LogP contribution in [0.4, 0.5) is 10.1 Å². The van der Waals surface area contributed by atoms with Crippen molar-refractivity contribution in [3.63, 3.8) is 0 Å². The van der Waals surface area contributed by atoms with E-state index in [1.165, 1.54) is 38.2 Å². The highest BCUT2D eigenvalue weighted by Gasteiger charge is 2.22. The molecule has 6 rings (SSSR count). The number of sulfonamides is 1. The Hall–Kier alpha value is -3.07. The van der Waals surface area contributed by atoms with Gasteiger partial charge in [0.05, 0.1) is 22.8 Å². The minimum Gasteiger partial charge on any atom is -0.292 e. The summed E-state index contributed by atoms with van der Waals surface area (Å²) in [5, 5.41) is 3.16. The van der Waals surface area contributed by atoms with Gasteiger partial charge in [0.1, 0.15) is 10.8 Å². The van der Waals surface area contributed by atoms with Crippen LogP contribution in [0.3, 0.4) is 0 Å². The second kappa shape index (κ2) is 12.4. The van der Waals surface area contributed by atoms with Gasteiger partial charge in [0.25, 0.3) is 10.0 Å². The van der Waals surface area contributed by atoms with Crippen LogP contribution in [-0.2, 0) is 36.0 Å². The van der Waals surface area contributed by atoms with E-state index in [9.17, 15) is 12.8 Å². The maximum absolute atomic E-state index is 14.9. The maximum Gasteiger partial charge on any atom is 0.261 e. The minimum atomic E-state index is -3.91. The summed E-state index contributed by atoms with van der Waals surface area (Å²) in [6.07, 6.45) is 9.10. The van der Waals surface area contributed by atoms with E-state index >= 15 is 0 Å². The summed E-state index contributed by atoms with van der Waals surface area (Å²) in [6, 6.07) is 20.3. The molecule has 1 N–H and O–H groups in total. The highest BCUT2D eigenvalue weighted by atomic mass is 32.2. The number of anilines is 1. The van der Waals surface area contributed by atoms with Crippen molar-refractivity contribution in [1.29, 1.82) is 0 Å². The van der Waals surface area contributed by atoms with Crippen LogP contribution < -0.4 is 4.72 Å². The van der Waals surface area contributed by atoms with Crippen molar-refractivity contribution in [2.75, 3.05) is 11.3 Å². The number of nitrogens with zero attached hydrogens (tertiary/aromatic N) is 2. The van der Waals surface area contributed by atoms with Crippen LogP contribution in [0.15, 0.2) is 77.0 Å². The number of fused-ring (bicyclic) bond motifs is 1. The molecule has 0 radical (unpaired) electrons. The molecule has 0 atom stereocenters. The highest BCUT2D eigenvalue weighted by Crippen LogP contribution is 2.30. The van der Waals surface area contributed by atoms with Crippen LogP contribution in [0, 0.1) is 11.7 Å². The maximum atomic E-state index is 14.9. The predicted molar refractivity (Wildman–Crippen MR) is 164 cm³/mol. The molecule has 1 aromatic heterocycles. The van der Waals surface area contributed by atoms with Crippen LogP contribution >= 0.6 is 11.3 Å². The van der Waals surface area contributed by atoms with Crippen LogP contribution in [0.2, 0.25) is 0 Å². The lowest BCUT2D eigenvalue weighted by Crippen LogP contribution is -2.30. The van der Waals surface area contributed by atoms with E-state index in [2.05, 4.69) is 27.1 Å². The predicted octanol–water partition coefficient (Wildman–Crippen LogP) is 7.82. The minimum absolute atomic E-state index is 0.00763. The molecule has 4 aromatic rings. The van der Waals surface area contributed by atoms with Gasteiger partial charge in [0.2, 0.25) is 0 Å². The molecule has 8 heteroatoms. The van der Waals surface area contributed by atoms with Gasteiger partial charge >= 0.3 is 0 Å². The smallest absolute Gasteiger partial charge is 0.261 e. The molecular weight excluding hydrogens is 554 g/mol. The summed E-state index contributed by atoms with van der Waals surface area (Å²) in [6.45, 7) is 2.32. The van der Waals surface area contributed by atoms with E-state index in [0.29, 0.717) is 0 Å². The van der Waals surface area contributed by atoms with Gasteiger partial charge in [-0.05, 0) is 66.1 Å². The van der Waals surface area contributed by atoms with Gasteiger partial charge < -0.3 is 0 Å². The zero-order valence-electron chi connectivity index (χ0n) is 23.2. The molecule has 214 valence electrons. The van der Waals surface area contributed by atoms with E-state index < -0.39 is 15.8 Å². The highest BCUT2D eigenvalue weighted by molar-refractivity contribution is 7.92. The van der Waals surface area contributed by atoms with Crippen LogP contribution in [0.5, 0.6) is 0 Å². The first-order valence-electron chi connectivity index (χ1n) is 14.6. The first kappa shape index (κ1) is 28.1. The first-order chi connectivity index (χ1) is 19.9. The molecule has 0 spiro atoms. The van der Waals surface area contributed by atoms with E-state index in [1.54, 1.807) is 29.5 Å². The molecule has 1 aliphatic heterocycles. The molecule has 0 saturated heterocycles. The second-order valence-electron chi connectivity index (χ2n) is 11.3. The molecule has 0 bridgehead atoms. The van der Waals surface area contributed by atoms with E-state index in [-0.39, 0.29) is 10.6 Å². The Kier molecular flexibility index (Phi) is 8.51. The Morgan fingerprint density at radius 3 is 2.63 bits per heavy atom. The van der Waals surface area contributed by atoms with E-state index in [4.69, 9.17) is 4.98 Å². The fourth-order valence-corrected chi connectivity index (χ4v) is 8.06. The molecule has 41 heavy (non-hydrogen) atoms. The van der Waals surface area contributed by atoms with Gasteiger partial charge in [0, 0.05) is 24.0 Å². The monoisotopic (exact) mass is 589 g/mol. The third kappa shape index (κ3) is 6.88. The van der Waals surface area contributed by atoms with Gasteiger partial charge in [-0.15, -0.1) is 11.3 Å². The molecule has 1 saturated carbocycles. The average molecular weight is 590 g/mol. The van der Waals surface area contributed by atoms with Gasteiger partial charge in [-0.3, -0.25) is 9.62 Å². The van der Waals surface area contributed by atoms with Gasteiger partial charge in [-0.2, -0.15) is 0 Å². The Labute approximate surface area is 246 Å².